The van der Waals surface area contributed by atoms with Crippen molar-refractivity contribution < 1.29 is 9.53 Å². The molecule has 0 rings (SSSR count). The number of carbonyl (C=O) groups is 1. The lowest BCUT2D eigenvalue weighted by Crippen LogP contribution is -2.08. The molecule has 0 heterocycles. The SMILES string of the molecule is COC(=O)CCCCCC(=N)N. The second-order valence-corrected chi connectivity index (χ2v) is 2.66. The van der Waals surface area contributed by atoms with Crippen molar-refractivity contribution in [1.29, 1.82) is 5.41 Å². The predicted molar refractivity (Wildman–Crippen MR) is 47.0 cm³/mol. The molecule has 0 aliphatic carbocycles. The van der Waals surface area contributed by atoms with Gasteiger partial charge in [0.15, 0.2) is 0 Å². The number of esters is 1. The molecule has 70 valence electrons. The number of methoxy groups -OCH3 is 1. The molecule has 3 N–H and O–H groups in total. The van der Waals surface area contributed by atoms with Gasteiger partial charge in [0.05, 0.1) is 12.9 Å². The van der Waals surface area contributed by atoms with Crippen LogP contribution in [0.25, 0.3) is 0 Å². The molecular weight excluding hydrogens is 156 g/mol. The van der Waals surface area contributed by atoms with E-state index in [1.54, 1.807) is 0 Å². The van der Waals surface area contributed by atoms with Gasteiger partial charge in [0.25, 0.3) is 0 Å². The third-order valence-electron chi connectivity index (χ3n) is 1.55. The van der Waals surface area contributed by atoms with Gasteiger partial charge in [-0.25, -0.2) is 0 Å². The maximum Gasteiger partial charge on any atom is 0.305 e. The Morgan fingerprint density at radius 1 is 1.33 bits per heavy atom. The van der Waals surface area contributed by atoms with E-state index in [9.17, 15) is 4.79 Å². The summed E-state index contributed by atoms with van der Waals surface area (Å²) in [6, 6.07) is 0. The van der Waals surface area contributed by atoms with E-state index in [1.807, 2.05) is 0 Å². The van der Waals surface area contributed by atoms with E-state index in [0.29, 0.717) is 12.8 Å². The summed E-state index contributed by atoms with van der Waals surface area (Å²) in [5.41, 5.74) is 5.15. The molecule has 0 atom stereocenters. The molecule has 12 heavy (non-hydrogen) atoms. The molecule has 0 unspecified atom stereocenters. The Kier molecular flexibility index (Phi) is 6.05. The quantitative estimate of drug-likeness (QED) is 0.272. The third kappa shape index (κ3) is 7.05. The Hall–Kier alpha value is -1.06. The van der Waals surface area contributed by atoms with Crippen LogP contribution < -0.4 is 5.73 Å². The van der Waals surface area contributed by atoms with Gasteiger partial charge in [-0.3, -0.25) is 10.2 Å². The number of unbranched alkanes of at least 4 members (excludes halogenated alkanes) is 2. The van der Waals surface area contributed by atoms with Crippen molar-refractivity contribution in [3.63, 3.8) is 0 Å². The zero-order valence-electron chi connectivity index (χ0n) is 7.43. The first-order chi connectivity index (χ1) is 5.66. The topological polar surface area (TPSA) is 76.2 Å². The largest absolute Gasteiger partial charge is 0.469 e. The van der Waals surface area contributed by atoms with E-state index in [-0.39, 0.29) is 11.8 Å². The number of hydrogen-bond donors (Lipinski definition) is 2. The Balaban J connectivity index is 3.11. The summed E-state index contributed by atoms with van der Waals surface area (Å²) >= 11 is 0. The lowest BCUT2D eigenvalue weighted by Gasteiger charge is -1.99. The van der Waals surface area contributed by atoms with E-state index in [0.717, 1.165) is 19.3 Å². The van der Waals surface area contributed by atoms with Gasteiger partial charge in [-0.05, 0) is 12.8 Å². The summed E-state index contributed by atoms with van der Waals surface area (Å²) in [5.74, 6) is 0.0471. The molecular formula is C8H16N2O2. The van der Waals surface area contributed by atoms with Gasteiger partial charge < -0.3 is 10.5 Å². The molecule has 0 aliphatic rings. The van der Waals surface area contributed by atoms with Crippen LogP contribution in [0.4, 0.5) is 0 Å². The van der Waals surface area contributed by atoms with Crippen LogP contribution in [-0.2, 0) is 9.53 Å². The van der Waals surface area contributed by atoms with Crippen LogP contribution >= 0.6 is 0 Å². The fraction of sp³-hybridized carbons (Fsp3) is 0.750. The zero-order valence-corrected chi connectivity index (χ0v) is 7.43. The van der Waals surface area contributed by atoms with Gasteiger partial charge >= 0.3 is 5.97 Å². The summed E-state index contributed by atoms with van der Waals surface area (Å²) < 4.78 is 4.47. The summed E-state index contributed by atoms with van der Waals surface area (Å²) in [4.78, 5) is 10.6. The van der Waals surface area contributed by atoms with Gasteiger partial charge in [0.1, 0.15) is 0 Å². The van der Waals surface area contributed by atoms with E-state index in [1.165, 1.54) is 7.11 Å². The van der Waals surface area contributed by atoms with Gasteiger partial charge in [-0.2, -0.15) is 0 Å². The minimum Gasteiger partial charge on any atom is -0.469 e. The molecule has 0 aromatic rings. The number of amidine groups is 1. The third-order valence-corrected chi connectivity index (χ3v) is 1.55. The number of ether oxygens (including phenoxy) is 1. The maximum atomic E-state index is 10.6. The van der Waals surface area contributed by atoms with Crippen molar-refractivity contribution in [3.8, 4) is 0 Å². The molecule has 0 fully saturated rings. The molecule has 0 aromatic carbocycles. The number of nitrogens with one attached hydrogen (secondary N) is 1. The second kappa shape index (κ2) is 6.64. The van der Waals surface area contributed by atoms with Crippen LogP contribution in [0.15, 0.2) is 0 Å². The number of hydrogen-bond acceptors (Lipinski definition) is 3. The average molecular weight is 172 g/mol. The smallest absolute Gasteiger partial charge is 0.305 e. The Bertz CT molecular complexity index is 157. The zero-order chi connectivity index (χ0) is 9.40. The van der Waals surface area contributed by atoms with Crippen LogP contribution in [0.2, 0.25) is 0 Å². The Morgan fingerprint density at radius 3 is 2.42 bits per heavy atom. The minimum absolute atomic E-state index is 0.169. The summed E-state index contributed by atoms with van der Waals surface area (Å²) in [7, 11) is 1.39. The number of rotatable bonds is 6. The molecule has 0 saturated heterocycles. The van der Waals surface area contributed by atoms with Crippen molar-refractivity contribution in [3.05, 3.63) is 0 Å². The molecule has 0 saturated carbocycles. The van der Waals surface area contributed by atoms with Gasteiger partial charge in [0, 0.05) is 12.8 Å². The molecule has 0 aliphatic heterocycles. The second-order valence-electron chi connectivity index (χ2n) is 2.66. The monoisotopic (exact) mass is 172 g/mol. The van der Waals surface area contributed by atoms with Crippen molar-refractivity contribution in [2.24, 2.45) is 5.73 Å². The summed E-state index contributed by atoms with van der Waals surface area (Å²) in [6.07, 6.45) is 3.72. The number of nitrogens with two attached hydrogens (primary N) is 1. The van der Waals surface area contributed by atoms with Crippen molar-refractivity contribution in [2.45, 2.75) is 32.1 Å². The molecule has 4 nitrogen and oxygen atoms in total. The first-order valence-electron chi connectivity index (χ1n) is 4.06. The summed E-state index contributed by atoms with van der Waals surface area (Å²) in [5, 5.41) is 6.94. The molecule has 0 aromatic heterocycles. The van der Waals surface area contributed by atoms with Crippen molar-refractivity contribution >= 4 is 11.8 Å². The van der Waals surface area contributed by atoms with E-state index in [2.05, 4.69) is 4.74 Å². The molecule has 0 amide bonds. The van der Waals surface area contributed by atoms with Gasteiger partial charge in [-0.15, -0.1) is 0 Å². The summed E-state index contributed by atoms with van der Waals surface area (Å²) in [6.45, 7) is 0. The van der Waals surface area contributed by atoms with Crippen LogP contribution in [-0.4, -0.2) is 18.9 Å². The molecule has 4 heteroatoms. The van der Waals surface area contributed by atoms with E-state index < -0.39 is 0 Å². The minimum atomic E-state index is -0.169. The fourth-order valence-corrected chi connectivity index (χ4v) is 0.864. The normalized spacial score (nSPS) is 9.42. The van der Waals surface area contributed by atoms with Gasteiger partial charge in [-0.1, -0.05) is 6.42 Å². The standard InChI is InChI=1S/C8H16N2O2/c1-12-8(11)6-4-2-3-5-7(9)10/h2-6H2,1H3,(H3,9,10). The predicted octanol–water partition coefficient (Wildman–Crippen LogP) is 1.05. The molecule has 0 radical (unpaired) electrons. The average Bonchev–Trinajstić information content (AvgIpc) is 2.03. The highest BCUT2D eigenvalue weighted by molar-refractivity contribution is 5.76. The van der Waals surface area contributed by atoms with Crippen molar-refractivity contribution in [2.75, 3.05) is 7.11 Å². The Morgan fingerprint density at radius 2 is 1.92 bits per heavy atom. The fourth-order valence-electron chi connectivity index (χ4n) is 0.864. The number of carbonyl (C=O) groups excluding carboxylic acids is 1. The van der Waals surface area contributed by atoms with Crippen LogP contribution in [0.5, 0.6) is 0 Å². The molecule has 0 bridgehead atoms. The lowest BCUT2D eigenvalue weighted by atomic mass is 10.1. The van der Waals surface area contributed by atoms with Crippen LogP contribution in [0.3, 0.4) is 0 Å². The van der Waals surface area contributed by atoms with Crippen LogP contribution in [0.1, 0.15) is 32.1 Å². The highest BCUT2D eigenvalue weighted by Gasteiger charge is 1.98. The molecule has 0 spiro atoms. The first kappa shape index (κ1) is 10.9. The maximum absolute atomic E-state index is 10.6. The first-order valence-corrected chi connectivity index (χ1v) is 4.06. The van der Waals surface area contributed by atoms with Crippen LogP contribution in [0, 0.1) is 5.41 Å². The highest BCUT2D eigenvalue weighted by Crippen LogP contribution is 2.03. The Labute approximate surface area is 72.6 Å². The van der Waals surface area contributed by atoms with Crippen molar-refractivity contribution in [1.82, 2.24) is 0 Å². The van der Waals surface area contributed by atoms with E-state index >= 15 is 0 Å². The van der Waals surface area contributed by atoms with E-state index in [4.69, 9.17) is 11.1 Å². The highest BCUT2D eigenvalue weighted by atomic mass is 16.5. The van der Waals surface area contributed by atoms with Gasteiger partial charge in [0.2, 0.25) is 0 Å². The lowest BCUT2D eigenvalue weighted by molar-refractivity contribution is -0.140.